The highest BCUT2D eigenvalue weighted by molar-refractivity contribution is 5.22. The van der Waals surface area contributed by atoms with Gasteiger partial charge in [0, 0.05) is 50.9 Å². The van der Waals surface area contributed by atoms with Gasteiger partial charge in [0.1, 0.15) is 5.82 Å². The van der Waals surface area contributed by atoms with E-state index in [4.69, 9.17) is 0 Å². The molecule has 3 heterocycles. The summed E-state index contributed by atoms with van der Waals surface area (Å²) < 4.78 is 3.21. The Kier molecular flexibility index (Phi) is 3.21. The van der Waals surface area contributed by atoms with E-state index in [1.54, 1.807) is 11.6 Å². The molecule has 7 heteroatoms. The van der Waals surface area contributed by atoms with Crippen LogP contribution in [0.5, 0.6) is 0 Å². The van der Waals surface area contributed by atoms with Gasteiger partial charge in [-0.2, -0.15) is 10.2 Å². The molecule has 0 saturated carbocycles. The number of hydrogen-bond donors (Lipinski definition) is 1. The average molecular weight is 276 g/mol. The molecule has 1 N–H and O–H groups in total. The van der Waals surface area contributed by atoms with Crippen molar-refractivity contribution in [3.8, 4) is 0 Å². The molecule has 2 aromatic heterocycles. The molecule has 0 atom stereocenters. The summed E-state index contributed by atoms with van der Waals surface area (Å²) in [5.41, 5.74) is 3.43. The summed E-state index contributed by atoms with van der Waals surface area (Å²) >= 11 is 0. The van der Waals surface area contributed by atoms with Gasteiger partial charge in [-0.1, -0.05) is 0 Å². The molecule has 7 nitrogen and oxygen atoms in total. The maximum absolute atomic E-state index is 11.9. The minimum Gasteiger partial charge on any atom is -0.297 e. The Hall–Kier alpha value is -1.89. The largest absolute Gasteiger partial charge is 0.345 e. The summed E-state index contributed by atoms with van der Waals surface area (Å²) in [6, 6.07) is 0. The van der Waals surface area contributed by atoms with Crippen molar-refractivity contribution in [2.75, 3.05) is 13.1 Å². The molecule has 0 aliphatic carbocycles. The van der Waals surface area contributed by atoms with Crippen LogP contribution in [0.4, 0.5) is 0 Å². The molecule has 1 aliphatic heterocycles. The van der Waals surface area contributed by atoms with E-state index < -0.39 is 0 Å². The van der Waals surface area contributed by atoms with Gasteiger partial charge in [-0.3, -0.25) is 14.6 Å². The average Bonchev–Trinajstić information content (AvgIpc) is 2.79. The van der Waals surface area contributed by atoms with Crippen LogP contribution in [-0.4, -0.2) is 42.5 Å². The highest BCUT2D eigenvalue weighted by atomic mass is 16.2. The molecule has 0 bridgehead atoms. The van der Waals surface area contributed by atoms with E-state index in [1.807, 2.05) is 13.8 Å². The normalized spacial score (nSPS) is 16.1. The number of aromatic nitrogens is 5. The van der Waals surface area contributed by atoms with Crippen LogP contribution in [0.3, 0.4) is 0 Å². The predicted octanol–water partition coefficient (Wildman–Crippen LogP) is -0.0200. The van der Waals surface area contributed by atoms with E-state index in [-0.39, 0.29) is 5.69 Å². The molecule has 108 valence electrons. The number of nitrogens with one attached hydrogen (secondary N) is 1. The second kappa shape index (κ2) is 4.90. The first-order valence-electron chi connectivity index (χ1n) is 6.91. The summed E-state index contributed by atoms with van der Waals surface area (Å²) in [6.45, 7) is 7.44. The lowest BCUT2D eigenvalue weighted by atomic mass is 10.2. The number of hydrogen-bond acceptors (Lipinski definition) is 4. The third-order valence-electron chi connectivity index (χ3n) is 4.04. The van der Waals surface area contributed by atoms with Crippen LogP contribution in [0.2, 0.25) is 0 Å². The van der Waals surface area contributed by atoms with Crippen molar-refractivity contribution in [3.63, 3.8) is 0 Å². The molecule has 1 aliphatic rings. The maximum Gasteiger partial charge on any atom is 0.345 e. The minimum absolute atomic E-state index is 0.0162. The van der Waals surface area contributed by atoms with Crippen LogP contribution >= 0.6 is 0 Å². The van der Waals surface area contributed by atoms with Gasteiger partial charge in [0.05, 0.1) is 5.69 Å². The number of H-pyrrole nitrogens is 1. The first-order chi connectivity index (χ1) is 9.56. The fraction of sp³-hybridized carbons (Fsp3) is 0.615. The van der Waals surface area contributed by atoms with Gasteiger partial charge >= 0.3 is 5.69 Å². The van der Waals surface area contributed by atoms with E-state index in [9.17, 15) is 4.79 Å². The Morgan fingerprint density at radius 1 is 1.25 bits per heavy atom. The Bertz CT molecular complexity index is 660. The Balaban J connectivity index is 1.76. The quantitative estimate of drug-likeness (QED) is 0.837. The zero-order chi connectivity index (χ0) is 14.3. The van der Waals surface area contributed by atoms with Crippen molar-refractivity contribution in [3.05, 3.63) is 33.3 Å². The second-order valence-electron chi connectivity index (χ2n) is 5.41. The van der Waals surface area contributed by atoms with Gasteiger partial charge < -0.3 is 0 Å². The van der Waals surface area contributed by atoms with E-state index in [0.29, 0.717) is 6.54 Å². The van der Waals surface area contributed by atoms with Crippen LogP contribution in [-0.2, 0) is 26.6 Å². The molecule has 0 aromatic carbocycles. The monoisotopic (exact) mass is 276 g/mol. The number of aromatic amines is 1. The zero-order valence-electron chi connectivity index (χ0n) is 12.2. The molecule has 0 spiro atoms. The van der Waals surface area contributed by atoms with Gasteiger partial charge in [0.2, 0.25) is 0 Å². The standard InChI is InChI=1S/C13H20N6O/c1-9-11(10(2)15-14-9)8-18-5-4-12-16-17(3)13(20)19(12)7-6-18/h4-8H2,1-3H3,(H,14,15). The van der Waals surface area contributed by atoms with E-state index >= 15 is 0 Å². The summed E-state index contributed by atoms with van der Waals surface area (Å²) in [7, 11) is 1.71. The van der Waals surface area contributed by atoms with Crippen molar-refractivity contribution in [1.82, 2.24) is 29.4 Å². The van der Waals surface area contributed by atoms with Crippen molar-refractivity contribution in [2.45, 2.75) is 33.4 Å². The van der Waals surface area contributed by atoms with Gasteiger partial charge in [0.15, 0.2) is 0 Å². The molecule has 0 unspecified atom stereocenters. The third kappa shape index (κ3) is 2.18. The summed E-state index contributed by atoms with van der Waals surface area (Å²) in [5.74, 6) is 0.889. The fourth-order valence-corrected chi connectivity index (χ4v) is 2.76. The highest BCUT2D eigenvalue weighted by Crippen LogP contribution is 2.14. The summed E-state index contributed by atoms with van der Waals surface area (Å²) in [6.07, 6.45) is 0.812. The van der Waals surface area contributed by atoms with Crippen molar-refractivity contribution < 1.29 is 0 Å². The highest BCUT2D eigenvalue weighted by Gasteiger charge is 2.19. The summed E-state index contributed by atoms with van der Waals surface area (Å²) in [5, 5.41) is 11.6. The molecule has 0 radical (unpaired) electrons. The lowest BCUT2D eigenvalue weighted by Crippen LogP contribution is -2.30. The van der Waals surface area contributed by atoms with Gasteiger partial charge in [-0.15, -0.1) is 0 Å². The first-order valence-corrected chi connectivity index (χ1v) is 6.91. The van der Waals surface area contributed by atoms with Crippen LogP contribution in [0.1, 0.15) is 22.8 Å². The van der Waals surface area contributed by atoms with Crippen LogP contribution in [0.25, 0.3) is 0 Å². The number of fused-ring (bicyclic) bond motifs is 1. The van der Waals surface area contributed by atoms with Crippen LogP contribution < -0.4 is 5.69 Å². The van der Waals surface area contributed by atoms with Crippen molar-refractivity contribution in [1.29, 1.82) is 0 Å². The Morgan fingerprint density at radius 3 is 2.75 bits per heavy atom. The van der Waals surface area contributed by atoms with Crippen molar-refractivity contribution in [2.24, 2.45) is 7.05 Å². The molecule has 20 heavy (non-hydrogen) atoms. The van der Waals surface area contributed by atoms with E-state index in [0.717, 1.165) is 43.3 Å². The zero-order valence-corrected chi connectivity index (χ0v) is 12.2. The Labute approximate surface area is 117 Å². The first kappa shape index (κ1) is 13.1. The third-order valence-corrected chi connectivity index (χ3v) is 4.04. The molecule has 0 saturated heterocycles. The molecule has 3 rings (SSSR count). The second-order valence-corrected chi connectivity index (χ2v) is 5.41. The lowest BCUT2D eigenvalue weighted by Gasteiger charge is -2.19. The van der Waals surface area contributed by atoms with Crippen LogP contribution in [0, 0.1) is 13.8 Å². The number of aryl methyl sites for hydroxylation is 3. The van der Waals surface area contributed by atoms with Gasteiger partial charge in [-0.25, -0.2) is 9.48 Å². The van der Waals surface area contributed by atoms with E-state index in [1.165, 1.54) is 10.2 Å². The molecule has 0 fully saturated rings. The lowest BCUT2D eigenvalue weighted by molar-refractivity contribution is 0.269. The van der Waals surface area contributed by atoms with E-state index in [2.05, 4.69) is 20.2 Å². The SMILES string of the molecule is Cc1n[nH]c(C)c1CN1CCc2nn(C)c(=O)n2CC1. The fourth-order valence-electron chi connectivity index (χ4n) is 2.76. The number of rotatable bonds is 2. The summed E-state index contributed by atoms with van der Waals surface area (Å²) in [4.78, 5) is 14.3. The Morgan fingerprint density at radius 2 is 2.05 bits per heavy atom. The molecule has 2 aromatic rings. The van der Waals surface area contributed by atoms with Crippen LogP contribution in [0.15, 0.2) is 4.79 Å². The predicted molar refractivity (Wildman–Crippen MR) is 74.5 cm³/mol. The van der Waals surface area contributed by atoms with Gasteiger partial charge in [0.25, 0.3) is 0 Å². The molecule has 0 amide bonds. The minimum atomic E-state index is -0.0162. The smallest absolute Gasteiger partial charge is 0.297 e. The van der Waals surface area contributed by atoms with Crippen molar-refractivity contribution >= 4 is 0 Å². The topological polar surface area (TPSA) is 71.7 Å². The maximum atomic E-state index is 11.9. The molecular formula is C13H20N6O. The molecular weight excluding hydrogens is 256 g/mol. The van der Waals surface area contributed by atoms with Gasteiger partial charge in [-0.05, 0) is 13.8 Å². The number of nitrogens with zero attached hydrogens (tertiary/aromatic N) is 5.